The number of guanidine groups is 1. The largest absolute Gasteiger partial charge is 0.357 e. The summed E-state index contributed by atoms with van der Waals surface area (Å²) in [5.74, 6) is 0.958. The quantitative estimate of drug-likeness (QED) is 0.354. The summed E-state index contributed by atoms with van der Waals surface area (Å²) in [7, 11) is -0.947. The molecule has 1 aromatic rings. The monoisotopic (exact) mass is 522 g/mol. The van der Waals surface area contributed by atoms with E-state index in [1.54, 1.807) is 13.8 Å². The summed E-state index contributed by atoms with van der Waals surface area (Å²) < 4.78 is 23.8. The second-order valence-electron chi connectivity index (χ2n) is 7.82. The van der Waals surface area contributed by atoms with Crippen LogP contribution in [0.5, 0.6) is 0 Å². The third-order valence-corrected chi connectivity index (χ3v) is 7.61. The standard InChI is InChI=1S/C20H34N4O2S.HI/c1-6-21-19(24-11-12-27(25,26)20(3,4)16-24)22-14-17-9-8-10-18(13-17)15-23(5)7-2;/h8-10,13H,6-7,11-12,14-16H2,1-5H3,(H,21,22);1H. The summed E-state index contributed by atoms with van der Waals surface area (Å²) in [5, 5.41) is 3.32. The zero-order valence-electron chi connectivity index (χ0n) is 17.7. The van der Waals surface area contributed by atoms with E-state index < -0.39 is 14.6 Å². The van der Waals surface area contributed by atoms with Crippen LogP contribution in [0.15, 0.2) is 29.3 Å². The van der Waals surface area contributed by atoms with E-state index in [1.165, 1.54) is 5.56 Å². The Labute approximate surface area is 187 Å². The SMILES string of the molecule is CCNC(=NCc1cccc(CN(C)CC)c1)N1CCS(=O)(=O)C(C)(C)C1.I. The summed E-state index contributed by atoms with van der Waals surface area (Å²) in [6.07, 6.45) is 0. The Hall–Kier alpha value is -0.870. The Balaban J connectivity index is 0.00000392. The zero-order chi connectivity index (χ0) is 20.1. The van der Waals surface area contributed by atoms with Crippen LogP contribution in [-0.4, -0.2) is 67.9 Å². The van der Waals surface area contributed by atoms with Crippen molar-refractivity contribution in [3.63, 3.8) is 0 Å². The number of benzene rings is 1. The van der Waals surface area contributed by atoms with E-state index in [0.29, 0.717) is 19.6 Å². The minimum Gasteiger partial charge on any atom is -0.357 e. The zero-order valence-corrected chi connectivity index (χ0v) is 20.9. The number of halogens is 1. The second kappa shape index (κ2) is 10.8. The summed E-state index contributed by atoms with van der Waals surface area (Å²) in [5.41, 5.74) is 2.44. The Bertz CT molecular complexity index is 765. The van der Waals surface area contributed by atoms with Gasteiger partial charge in [0, 0.05) is 26.2 Å². The van der Waals surface area contributed by atoms with Crippen molar-refractivity contribution in [1.29, 1.82) is 0 Å². The molecular weight excluding hydrogens is 487 g/mol. The van der Waals surface area contributed by atoms with Crippen molar-refractivity contribution in [2.24, 2.45) is 4.99 Å². The van der Waals surface area contributed by atoms with Crippen molar-refractivity contribution in [2.75, 3.05) is 39.0 Å². The molecule has 0 spiro atoms. The topological polar surface area (TPSA) is 65.0 Å². The molecule has 1 aromatic carbocycles. The molecule has 0 aliphatic carbocycles. The van der Waals surface area contributed by atoms with Crippen molar-refractivity contribution in [2.45, 2.75) is 45.5 Å². The van der Waals surface area contributed by atoms with Gasteiger partial charge in [-0.15, -0.1) is 24.0 Å². The molecule has 6 nitrogen and oxygen atoms in total. The highest BCUT2D eigenvalue weighted by atomic mass is 127. The third-order valence-electron chi connectivity index (χ3n) is 5.07. The molecule has 0 amide bonds. The van der Waals surface area contributed by atoms with Crippen LogP contribution >= 0.6 is 24.0 Å². The molecule has 0 bridgehead atoms. The number of aliphatic imine (C=N–C) groups is 1. The fraction of sp³-hybridized carbons (Fsp3) is 0.650. The number of sulfone groups is 1. The van der Waals surface area contributed by atoms with E-state index in [4.69, 9.17) is 4.99 Å². The molecule has 1 heterocycles. The Morgan fingerprint density at radius 2 is 1.96 bits per heavy atom. The van der Waals surface area contributed by atoms with Crippen LogP contribution in [0.4, 0.5) is 0 Å². The maximum atomic E-state index is 12.3. The van der Waals surface area contributed by atoms with Crippen molar-refractivity contribution in [3.05, 3.63) is 35.4 Å². The highest BCUT2D eigenvalue weighted by Gasteiger charge is 2.40. The lowest BCUT2D eigenvalue weighted by atomic mass is 10.1. The van der Waals surface area contributed by atoms with Crippen LogP contribution < -0.4 is 5.32 Å². The molecule has 1 fully saturated rings. The summed E-state index contributed by atoms with van der Waals surface area (Å²) in [6.45, 7) is 12.0. The number of rotatable bonds is 6. The first-order valence-corrected chi connectivity index (χ1v) is 11.4. The van der Waals surface area contributed by atoms with Crippen molar-refractivity contribution >= 4 is 39.8 Å². The van der Waals surface area contributed by atoms with Crippen molar-refractivity contribution in [1.82, 2.24) is 15.1 Å². The van der Waals surface area contributed by atoms with Gasteiger partial charge in [0.2, 0.25) is 0 Å². The van der Waals surface area contributed by atoms with Gasteiger partial charge in [-0.1, -0.05) is 31.2 Å². The van der Waals surface area contributed by atoms with Crippen LogP contribution in [0.2, 0.25) is 0 Å². The van der Waals surface area contributed by atoms with Crippen LogP contribution in [-0.2, 0) is 22.9 Å². The van der Waals surface area contributed by atoms with Crippen LogP contribution in [0, 0.1) is 0 Å². The first-order valence-electron chi connectivity index (χ1n) is 9.70. The van der Waals surface area contributed by atoms with Gasteiger partial charge in [0.05, 0.1) is 17.0 Å². The molecule has 28 heavy (non-hydrogen) atoms. The molecule has 0 aromatic heterocycles. The van der Waals surface area contributed by atoms with Gasteiger partial charge in [0.25, 0.3) is 0 Å². The van der Waals surface area contributed by atoms with Crippen molar-refractivity contribution in [3.8, 4) is 0 Å². The maximum absolute atomic E-state index is 12.3. The van der Waals surface area contributed by atoms with Gasteiger partial charge < -0.3 is 15.1 Å². The normalized spacial score (nSPS) is 18.6. The minimum absolute atomic E-state index is 0. The molecule has 0 unspecified atom stereocenters. The molecule has 160 valence electrons. The Morgan fingerprint density at radius 3 is 2.57 bits per heavy atom. The van der Waals surface area contributed by atoms with Gasteiger partial charge in [0.15, 0.2) is 15.8 Å². The molecule has 2 rings (SSSR count). The molecule has 1 N–H and O–H groups in total. The molecule has 1 aliphatic rings. The van der Waals surface area contributed by atoms with E-state index in [0.717, 1.165) is 31.2 Å². The van der Waals surface area contributed by atoms with E-state index in [2.05, 4.69) is 53.4 Å². The predicted molar refractivity (Wildman–Crippen MR) is 128 cm³/mol. The van der Waals surface area contributed by atoms with E-state index >= 15 is 0 Å². The van der Waals surface area contributed by atoms with Gasteiger partial charge >= 0.3 is 0 Å². The first-order chi connectivity index (χ1) is 12.7. The lowest BCUT2D eigenvalue weighted by Crippen LogP contribution is -2.57. The van der Waals surface area contributed by atoms with Crippen LogP contribution in [0.25, 0.3) is 0 Å². The molecule has 0 radical (unpaired) electrons. The highest BCUT2D eigenvalue weighted by molar-refractivity contribution is 14.0. The molecule has 1 saturated heterocycles. The summed E-state index contributed by atoms with van der Waals surface area (Å²) >= 11 is 0. The average molecular weight is 522 g/mol. The minimum atomic E-state index is -3.06. The Kier molecular flexibility index (Phi) is 9.69. The fourth-order valence-electron chi connectivity index (χ4n) is 3.17. The van der Waals surface area contributed by atoms with E-state index in [9.17, 15) is 8.42 Å². The van der Waals surface area contributed by atoms with Gasteiger partial charge in [-0.3, -0.25) is 0 Å². The van der Waals surface area contributed by atoms with Gasteiger partial charge in [-0.05, 0) is 45.5 Å². The molecule has 1 aliphatic heterocycles. The van der Waals surface area contributed by atoms with Crippen LogP contribution in [0.1, 0.15) is 38.8 Å². The summed E-state index contributed by atoms with van der Waals surface area (Å²) in [4.78, 5) is 9.12. The highest BCUT2D eigenvalue weighted by Crippen LogP contribution is 2.23. The molecular formula is C20H35IN4O2S. The van der Waals surface area contributed by atoms with E-state index in [-0.39, 0.29) is 29.7 Å². The fourth-order valence-corrected chi connectivity index (χ4v) is 4.53. The molecule has 0 saturated carbocycles. The summed E-state index contributed by atoms with van der Waals surface area (Å²) in [6, 6.07) is 8.51. The number of nitrogens with one attached hydrogen (secondary N) is 1. The number of nitrogens with zero attached hydrogens (tertiary/aromatic N) is 3. The first kappa shape index (κ1) is 25.2. The lowest BCUT2D eigenvalue weighted by molar-refractivity contribution is 0.345. The van der Waals surface area contributed by atoms with Gasteiger partial charge in [-0.2, -0.15) is 0 Å². The lowest BCUT2D eigenvalue weighted by Gasteiger charge is -2.39. The predicted octanol–water partition coefficient (Wildman–Crippen LogP) is 2.73. The molecule has 0 atom stereocenters. The van der Waals surface area contributed by atoms with Crippen molar-refractivity contribution < 1.29 is 8.42 Å². The molecule has 8 heteroatoms. The third kappa shape index (κ3) is 6.59. The van der Waals surface area contributed by atoms with Crippen LogP contribution in [0.3, 0.4) is 0 Å². The number of hydrogen-bond donors (Lipinski definition) is 1. The second-order valence-corrected chi connectivity index (χ2v) is 10.6. The smallest absolute Gasteiger partial charge is 0.194 e. The Morgan fingerprint density at radius 1 is 1.29 bits per heavy atom. The van der Waals surface area contributed by atoms with Gasteiger partial charge in [-0.25, -0.2) is 13.4 Å². The average Bonchev–Trinajstić information content (AvgIpc) is 2.61. The number of hydrogen-bond acceptors (Lipinski definition) is 4. The van der Waals surface area contributed by atoms with Gasteiger partial charge in [0.1, 0.15) is 0 Å². The maximum Gasteiger partial charge on any atom is 0.194 e. The van der Waals surface area contributed by atoms with E-state index in [1.807, 2.05) is 6.92 Å².